The molecule has 35 heavy (non-hydrogen) atoms. The van der Waals surface area contributed by atoms with Gasteiger partial charge in [0, 0.05) is 37.4 Å². The first-order valence-corrected chi connectivity index (χ1v) is 12.2. The fraction of sp³-hybridized carbons (Fsp3) is 0.423. The van der Waals surface area contributed by atoms with E-state index in [1.54, 1.807) is 0 Å². The molecular formula is C26H30FN5O3. The zero-order chi connectivity index (χ0) is 24.0. The van der Waals surface area contributed by atoms with Crippen LogP contribution in [0.25, 0.3) is 11.4 Å². The number of amides is 1. The summed E-state index contributed by atoms with van der Waals surface area (Å²) in [5.41, 5.74) is 3.04. The summed E-state index contributed by atoms with van der Waals surface area (Å²) in [6, 6.07) is 14.6. The van der Waals surface area contributed by atoms with Crippen molar-refractivity contribution in [1.29, 1.82) is 0 Å². The van der Waals surface area contributed by atoms with Crippen LogP contribution in [0.3, 0.4) is 0 Å². The third-order valence-corrected chi connectivity index (χ3v) is 6.70. The molecule has 1 amide bonds. The maximum Gasteiger partial charge on any atom is 0.316 e. The number of halogens is 1. The van der Waals surface area contributed by atoms with Crippen molar-refractivity contribution in [3.63, 3.8) is 0 Å². The topological polar surface area (TPSA) is 83.7 Å². The fourth-order valence-corrected chi connectivity index (χ4v) is 4.59. The standard InChI is InChI=1S/C26H30FN5O3/c27-22-5-1-20(2-6-22)18-31-11-9-19(10-12-31)17-28-25(33)26-29-24(30-35-26)21-3-7-23(8-4-21)32-13-15-34-16-14-32/h1-8,19H,9-18H2,(H,28,33). The van der Waals surface area contributed by atoms with Crippen LogP contribution in [0.15, 0.2) is 53.1 Å². The molecule has 2 fully saturated rings. The van der Waals surface area contributed by atoms with Gasteiger partial charge in [-0.05, 0) is 73.8 Å². The quantitative estimate of drug-likeness (QED) is 0.556. The number of benzene rings is 2. The number of likely N-dealkylation sites (tertiary alicyclic amines) is 1. The molecule has 0 saturated carbocycles. The number of ether oxygens (including phenoxy) is 1. The number of piperidine rings is 1. The Kier molecular flexibility index (Phi) is 7.34. The van der Waals surface area contributed by atoms with Crippen molar-refractivity contribution >= 4 is 11.6 Å². The molecule has 8 nitrogen and oxygen atoms in total. The van der Waals surface area contributed by atoms with Gasteiger partial charge in [-0.2, -0.15) is 4.98 Å². The first-order valence-electron chi connectivity index (χ1n) is 12.2. The number of anilines is 1. The third-order valence-electron chi connectivity index (χ3n) is 6.70. The lowest BCUT2D eigenvalue weighted by molar-refractivity contribution is 0.0891. The molecule has 0 unspecified atom stereocenters. The number of hydrogen-bond acceptors (Lipinski definition) is 7. The minimum atomic E-state index is -0.345. The minimum Gasteiger partial charge on any atom is -0.378 e. The van der Waals surface area contributed by atoms with Crippen molar-refractivity contribution in [2.24, 2.45) is 5.92 Å². The summed E-state index contributed by atoms with van der Waals surface area (Å²) >= 11 is 0. The van der Waals surface area contributed by atoms with E-state index in [9.17, 15) is 9.18 Å². The van der Waals surface area contributed by atoms with Gasteiger partial charge in [0.1, 0.15) is 5.82 Å². The predicted octanol–water partition coefficient (Wildman–Crippen LogP) is 3.35. The molecule has 0 spiro atoms. The molecule has 2 aliphatic heterocycles. The molecule has 9 heteroatoms. The van der Waals surface area contributed by atoms with Crippen LogP contribution >= 0.6 is 0 Å². The fourth-order valence-electron chi connectivity index (χ4n) is 4.59. The lowest BCUT2D eigenvalue weighted by Gasteiger charge is -2.31. The van der Waals surface area contributed by atoms with Crippen molar-refractivity contribution in [2.45, 2.75) is 19.4 Å². The van der Waals surface area contributed by atoms with E-state index in [-0.39, 0.29) is 17.6 Å². The van der Waals surface area contributed by atoms with Crippen molar-refractivity contribution in [1.82, 2.24) is 20.4 Å². The molecule has 2 aromatic carbocycles. The molecule has 0 aliphatic carbocycles. The lowest BCUT2D eigenvalue weighted by Crippen LogP contribution is -2.38. The van der Waals surface area contributed by atoms with Gasteiger partial charge in [0.2, 0.25) is 5.82 Å². The van der Waals surface area contributed by atoms with Crippen LogP contribution in [0.4, 0.5) is 10.1 Å². The maximum absolute atomic E-state index is 13.1. The molecular weight excluding hydrogens is 449 g/mol. The summed E-state index contributed by atoms with van der Waals surface area (Å²) in [5, 5.41) is 6.93. The highest BCUT2D eigenvalue weighted by molar-refractivity contribution is 5.89. The highest BCUT2D eigenvalue weighted by Gasteiger charge is 2.22. The summed E-state index contributed by atoms with van der Waals surface area (Å²) < 4.78 is 23.7. The first kappa shape index (κ1) is 23.4. The third kappa shape index (κ3) is 6.04. The Labute approximate surface area is 204 Å². The van der Waals surface area contributed by atoms with Crippen molar-refractivity contribution < 1.29 is 18.4 Å². The number of rotatable bonds is 7. The van der Waals surface area contributed by atoms with Gasteiger partial charge in [-0.1, -0.05) is 17.3 Å². The molecule has 3 heterocycles. The van der Waals surface area contributed by atoms with Crippen molar-refractivity contribution in [3.8, 4) is 11.4 Å². The number of nitrogens with one attached hydrogen (secondary N) is 1. The van der Waals surface area contributed by atoms with E-state index in [0.717, 1.165) is 75.6 Å². The van der Waals surface area contributed by atoms with Gasteiger partial charge in [0.25, 0.3) is 0 Å². The van der Waals surface area contributed by atoms with Crippen LogP contribution in [0.5, 0.6) is 0 Å². The van der Waals surface area contributed by atoms with Gasteiger partial charge in [-0.15, -0.1) is 0 Å². The molecule has 2 aliphatic rings. The van der Waals surface area contributed by atoms with E-state index in [0.29, 0.717) is 18.3 Å². The minimum absolute atomic E-state index is 0.0222. The molecule has 1 N–H and O–H groups in total. The molecule has 184 valence electrons. The van der Waals surface area contributed by atoms with E-state index in [1.807, 2.05) is 36.4 Å². The second kappa shape index (κ2) is 11.0. The average molecular weight is 480 g/mol. The van der Waals surface area contributed by atoms with E-state index in [2.05, 4.69) is 25.3 Å². The van der Waals surface area contributed by atoms with E-state index < -0.39 is 0 Å². The average Bonchev–Trinajstić information content (AvgIpc) is 3.41. The second-order valence-electron chi connectivity index (χ2n) is 9.13. The Hall–Kier alpha value is -3.30. The normalized spacial score (nSPS) is 17.5. The van der Waals surface area contributed by atoms with Gasteiger partial charge >= 0.3 is 11.8 Å². The van der Waals surface area contributed by atoms with Crippen LogP contribution in [-0.2, 0) is 11.3 Å². The highest BCUT2D eigenvalue weighted by Crippen LogP contribution is 2.22. The molecule has 1 aromatic heterocycles. The number of nitrogens with zero attached hydrogens (tertiary/aromatic N) is 4. The van der Waals surface area contributed by atoms with Crippen molar-refractivity contribution in [3.05, 3.63) is 65.8 Å². The van der Waals surface area contributed by atoms with Crippen LogP contribution < -0.4 is 10.2 Å². The molecule has 5 rings (SSSR count). The number of carbonyl (C=O) groups is 1. The smallest absolute Gasteiger partial charge is 0.316 e. The molecule has 0 bridgehead atoms. The molecule has 3 aromatic rings. The summed E-state index contributed by atoms with van der Waals surface area (Å²) in [7, 11) is 0. The Bertz CT molecular complexity index is 1100. The van der Waals surface area contributed by atoms with Crippen LogP contribution in [0.1, 0.15) is 29.1 Å². The second-order valence-corrected chi connectivity index (χ2v) is 9.13. The largest absolute Gasteiger partial charge is 0.378 e. The zero-order valence-corrected chi connectivity index (χ0v) is 19.7. The predicted molar refractivity (Wildman–Crippen MR) is 130 cm³/mol. The highest BCUT2D eigenvalue weighted by atomic mass is 19.1. The lowest BCUT2D eigenvalue weighted by atomic mass is 9.96. The summed E-state index contributed by atoms with van der Waals surface area (Å²) in [4.78, 5) is 21.5. The number of morpholine rings is 1. The van der Waals surface area contributed by atoms with Gasteiger partial charge in [0.15, 0.2) is 0 Å². The van der Waals surface area contributed by atoms with E-state index in [4.69, 9.17) is 9.26 Å². The maximum atomic E-state index is 13.1. The Morgan fingerprint density at radius 1 is 1.00 bits per heavy atom. The van der Waals surface area contributed by atoms with Crippen LogP contribution in [0, 0.1) is 11.7 Å². The van der Waals surface area contributed by atoms with Gasteiger partial charge in [-0.25, -0.2) is 4.39 Å². The number of aromatic nitrogens is 2. The zero-order valence-electron chi connectivity index (χ0n) is 19.7. The summed E-state index contributed by atoms with van der Waals surface area (Å²) in [6.45, 7) is 6.51. The summed E-state index contributed by atoms with van der Waals surface area (Å²) in [5.74, 6) is 0.225. The van der Waals surface area contributed by atoms with E-state index in [1.165, 1.54) is 12.1 Å². The van der Waals surface area contributed by atoms with Gasteiger partial charge in [-0.3, -0.25) is 9.69 Å². The summed E-state index contributed by atoms with van der Waals surface area (Å²) in [6.07, 6.45) is 1.98. The van der Waals surface area contributed by atoms with Gasteiger partial charge < -0.3 is 19.5 Å². The van der Waals surface area contributed by atoms with Gasteiger partial charge in [0.05, 0.1) is 13.2 Å². The number of hydrogen-bond donors (Lipinski definition) is 1. The number of carbonyl (C=O) groups excluding carboxylic acids is 1. The first-order chi connectivity index (χ1) is 17.1. The van der Waals surface area contributed by atoms with E-state index >= 15 is 0 Å². The molecule has 0 radical (unpaired) electrons. The molecule has 2 saturated heterocycles. The Morgan fingerprint density at radius 2 is 1.71 bits per heavy atom. The Balaban J connectivity index is 1.08. The van der Waals surface area contributed by atoms with Crippen LogP contribution in [-0.4, -0.2) is 66.9 Å². The SMILES string of the molecule is O=C(NCC1CCN(Cc2ccc(F)cc2)CC1)c1nc(-c2ccc(N3CCOCC3)cc2)no1. The monoisotopic (exact) mass is 479 g/mol. The Morgan fingerprint density at radius 3 is 2.43 bits per heavy atom. The van der Waals surface area contributed by atoms with Crippen LogP contribution in [0.2, 0.25) is 0 Å². The van der Waals surface area contributed by atoms with Crippen molar-refractivity contribution in [2.75, 3.05) is 50.8 Å². The molecule has 0 atom stereocenters.